The van der Waals surface area contributed by atoms with Gasteiger partial charge < -0.3 is 4.90 Å². The van der Waals surface area contributed by atoms with Crippen LogP contribution >= 0.6 is 0 Å². The number of carbonyl (C=O) groups excluding carboxylic acids is 1. The smallest absolute Gasteiger partial charge is 0.237 e. The lowest BCUT2D eigenvalue weighted by Gasteiger charge is -2.19. The second-order valence-electron chi connectivity index (χ2n) is 4.12. The molecule has 0 unspecified atom stereocenters. The van der Waals surface area contributed by atoms with E-state index in [1.165, 1.54) is 25.7 Å². The predicted molar refractivity (Wildman–Crippen MR) is 54.6 cm³/mol. The highest BCUT2D eigenvalue weighted by molar-refractivity contribution is 5.78. The molecular formula is C10H19N3O. The van der Waals surface area contributed by atoms with Crippen LogP contribution in [0.5, 0.6) is 0 Å². The molecule has 0 aliphatic carbocycles. The molecule has 2 rings (SSSR count). The van der Waals surface area contributed by atoms with E-state index in [0.29, 0.717) is 6.54 Å². The quantitative estimate of drug-likeness (QED) is 0.702. The molecule has 0 radical (unpaired) electrons. The largest absolute Gasteiger partial charge is 0.342 e. The lowest BCUT2D eigenvalue weighted by Crippen LogP contribution is -2.43. The van der Waals surface area contributed by atoms with Crippen molar-refractivity contribution in [2.24, 2.45) is 0 Å². The van der Waals surface area contributed by atoms with Crippen molar-refractivity contribution in [3.05, 3.63) is 0 Å². The maximum absolute atomic E-state index is 11.6. The number of carbonyl (C=O) groups is 1. The third-order valence-corrected chi connectivity index (χ3v) is 3.02. The summed E-state index contributed by atoms with van der Waals surface area (Å²) in [5, 5.41) is 2.16. The van der Waals surface area contributed by atoms with Gasteiger partial charge in [0, 0.05) is 26.2 Å². The Labute approximate surface area is 85.2 Å². The Hall–Kier alpha value is -0.610. The lowest BCUT2D eigenvalue weighted by atomic mass is 10.4. The number of amides is 1. The van der Waals surface area contributed by atoms with Crippen LogP contribution in [-0.4, -0.2) is 48.5 Å². The molecule has 0 aromatic heterocycles. The summed E-state index contributed by atoms with van der Waals surface area (Å²) in [6.45, 7) is 4.58. The van der Waals surface area contributed by atoms with Gasteiger partial charge in [-0.2, -0.15) is 0 Å². The minimum atomic E-state index is 0.259. The van der Waals surface area contributed by atoms with Crippen LogP contribution < -0.4 is 5.43 Å². The van der Waals surface area contributed by atoms with Crippen LogP contribution in [0.1, 0.15) is 25.7 Å². The van der Waals surface area contributed by atoms with E-state index in [-0.39, 0.29) is 5.91 Å². The summed E-state index contributed by atoms with van der Waals surface area (Å²) in [6, 6.07) is 0. The molecule has 4 heteroatoms. The summed E-state index contributed by atoms with van der Waals surface area (Å²) in [5.74, 6) is 0.259. The number of hydrazine groups is 1. The average Bonchev–Trinajstić information content (AvgIpc) is 2.87. The first-order chi connectivity index (χ1) is 6.86. The normalized spacial score (nSPS) is 23.3. The highest BCUT2D eigenvalue weighted by Gasteiger charge is 2.19. The highest BCUT2D eigenvalue weighted by atomic mass is 16.2. The van der Waals surface area contributed by atoms with Crippen LogP contribution in [0.25, 0.3) is 0 Å². The van der Waals surface area contributed by atoms with Crippen LogP contribution in [0.3, 0.4) is 0 Å². The summed E-state index contributed by atoms with van der Waals surface area (Å²) in [4.78, 5) is 13.6. The SMILES string of the molecule is O=C(CNN1CCCC1)N1CCCC1. The summed E-state index contributed by atoms with van der Waals surface area (Å²) in [5.41, 5.74) is 3.20. The van der Waals surface area contributed by atoms with Crippen molar-refractivity contribution < 1.29 is 4.79 Å². The highest BCUT2D eigenvalue weighted by Crippen LogP contribution is 2.07. The summed E-state index contributed by atoms with van der Waals surface area (Å²) in [7, 11) is 0. The number of rotatable bonds is 3. The second kappa shape index (κ2) is 4.75. The van der Waals surface area contributed by atoms with E-state index in [1.807, 2.05) is 4.90 Å². The first-order valence-electron chi connectivity index (χ1n) is 5.62. The van der Waals surface area contributed by atoms with Crippen molar-refractivity contribution in [3.63, 3.8) is 0 Å². The number of likely N-dealkylation sites (tertiary alicyclic amines) is 1. The summed E-state index contributed by atoms with van der Waals surface area (Å²) >= 11 is 0. The minimum absolute atomic E-state index is 0.259. The molecule has 4 nitrogen and oxygen atoms in total. The van der Waals surface area contributed by atoms with Gasteiger partial charge in [-0.3, -0.25) is 4.79 Å². The third-order valence-electron chi connectivity index (χ3n) is 3.02. The van der Waals surface area contributed by atoms with Crippen LogP contribution in [0.2, 0.25) is 0 Å². The monoisotopic (exact) mass is 197 g/mol. The Balaban J connectivity index is 1.66. The molecule has 80 valence electrons. The maximum Gasteiger partial charge on any atom is 0.237 e. The second-order valence-corrected chi connectivity index (χ2v) is 4.12. The van der Waals surface area contributed by atoms with Crippen molar-refractivity contribution >= 4 is 5.91 Å². The number of hydrogen-bond donors (Lipinski definition) is 1. The van der Waals surface area contributed by atoms with Gasteiger partial charge in [-0.1, -0.05) is 0 Å². The van der Waals surface area contributed by atoms with E-state index >= 15 is 0 Å². The number of nitrogens with zero attached hydrogens (tertiary/aromatic N) is 2. The zero-order chi connectivity index (χ0) is 9.80. The topological polar surface area (TPSA) is 35.6 Å². The van der Waals surface area contributed by atoms with E-state index in [1.54, 1.807) is 0 Å². The molecule has 0 bridgehead atoms. The fourth-order valence-corrected chi connectivity index (χ4v) is 2.13. The van der Waals surface area contributed by atoms with Gasteiger partial charge in [0.25, 0.3) is 0 Å². The fraction of sp³-hybridized carbons (Fsp3) is 0.900. The van der Waals surface area contributed by atoms with Crippen molar-refractivity contribution in [3.8, 4) is 0 Å². The summed E-state index contributed by atoms with van der Waals surface area (Å²) < 4.78 is 0. The van der Waals surface area contributed by atoms with Gasteiger partial charge in [-0.25, -0.2) is 10.4 Å². The van der Waals surface area contributed by atoms with Crippen LogP contribution in [-0.2, 0) is 4.79 Å². The van der Waals surface area contributed by atoms with Gasteiger partial charge in [-0.15, -0.1) is 0 Å². The Bertz CT molecular complexity index is 196. The zero-order valence-electron chi connectivity index (χ0n) is 8.67. The van der Waals surface area contributed by atoms with E-state index in [9.17, 15) is 4.79 Å². The van der Waals surface area contributed by atoms with Crippen molar-refractivity contribution in [1.29, 1.82) is 0 Å². The molecule has 0 aromatic carbocycles. The van der Waals surface area contributed by atoms with Gasteiger partial charge in [0.05, 0.1) is 6.54 Å². The van der Waals surface area contributed by atoms with Crippen molar-refractivity contribution in [1.82, 2.24) is 15.3 Å². The van der Waals surface area contributed by atoms with Crippen LogP contribution in [0.15, 0.2) is 0 Å². The standard InChI is InChI=1S/C10H19N3O/c14-10(12-5-1-2-6-12)9-11-13-7-3-4-8-13/h11H,1-9H2. The van der Waals surface area contributed by atoms with Gasteiger partial charge in [0.1, 0.15) is 0 Å². The molecule has 0 aromatic rings. The Morgan fingerprint density at radius 2 is 1.57 bits per heavy atom. The molecular weight excluding hydrogens is 178 g/mol. The molecule has 2 saturated heterocycles. The van der Waals surface area contributed by atoms with Crippen LogP contribution in [0.4, 0.5) is 0 Å². The molecule has 14 heavy (non-hydrogen) atoms. The zero-order valence-corrected chi connectivity index (χ0v) is 8.67. The molecule has 0 atom stereocenters. The van der Waals surface area contributed by atoms with E-state index in [0.717, 1.165) is 26.2 Å². The molecule has 0 saturated carbocycles. The molecule has 2 aliphatic heterocycles. The van der Waals surface area contributed by atoms with Crippen LogP contribution in [0, 0.1) is 0 Å². The summed E-state index contributed by atoms with van der Waals surface area (Å²) in [6.07, 6.45) is 4.86. The molecule has 2 heterocycles. The lowest BCUT2D eigenvalue weighted by molar-refractivity contribution is -0.130. The average molecular weight is 197 g/mol. The van der Waals surface area contributed by atoms with Crippen molar-refractivity contribution in [2.45, 2.75) is 25.7 Å². The minimum Gasteiger partial charge on any atom is -0.342 e. The first-order valence-corrected chi connectivity index (χ1v) is 5.62. The molecule has 1 amide bonds. The molecule has 1 N–H and O–H groups in total. The Morgan fingerprint density at radius 3 is 2.21 bits per heavy atom. The Morgan fingerprint density at radius 1 is 1.00 bits per heavy atom. The van der Waals surface area contributed by atoms with E-state index < -0.39 is 0 Å². The van der Waals surface area contributed by atoms with Gasteiger partial charge in [-0.05, 0) is 25.7 Å². The molecule has 2 fully saturated rings. The van der Waals surface area contributed by atoms with E-state index in [4.69, 9.17) is 0 Å². The molecule has 0 spiro atoms. The maximum atomic E-state index is 11.6. The number of nitrogens with one attached hydrogen (secondary N) is 1. The van der Waals surface area contributed by atoms with Gasteiger partial charge in [0.15, 0.2) is 0 Å². The van der Waals surface area contributed by atoms with E-state index in [2.05, 4.69) is 10.4 Å². The number of hydrogen-bond acceptors (Lipinski definition) is 3. The predicted octanol–water partition coefficient (Wildman–Crippen LogP) is 0.209. The first kappa shape index (κ1) is 9.93. The molecule has 2 aliphatic rings. The van der Waals surface area contributed by atoms with Crippen molar-refractivity contribution in [2.75, 3.05) is 32.7 Å². The third kappa shape index (κ3) is 2.45. The fourth-order valence-electron chi connectivity index (χ4n) is 2.13. The van der Waals surface area contributed by atoms with Gasteiger partial charge >= 0.3 is 0 Å². The van der Waals surface area contributed by atoms with Gasteiger partial charge in [0.2, 0.25) is 5.91 Å². The Kier molecular flexibility index (Phi) is 3.37.